The number of carbonyl (C=O) groups excluding carboxylic acids is 1. The van der Waals surface area contributed by atoms with Gasteiger partial charge in [-0.1, -0.05) is 0 Å². The molecular weight excluding hydrogens is 266 g/mol. The molecule has 0 aromatic carbocycles. The van der Waals surface area contributed by atoms with E-state index >= 15 is 0 Å². The van der Waals surface area contributed by atoms with E-state index in [1.165, 1.54) is 6.26 Å². The number of rotatable bonds is 6. The van der Waals surface area contributed by atoms with Crippen molar-refractivity contribution in [1.82, 2.24) is 9.97 Å². The van der Waals surface area contributed by atoms with Crippen molar-refractivity contribution in [2.45, 2.75) is 20.3 Å². The molecule has 2 heterocycles. The van der Waals surface area contributed by atoms with Crippen LogP contribution in [0.2, 0.25) is 0 Å². The van der Waals surface area contributed by atoms with Crippen LogP contribution in [0.5, 0.6) is 0 Å². The maximum Gasteiger partial charge on any atom is 0.360 e. The lowest BCUT2D eigenvalue weighted by Gasteiger charge is -1.98. The lowest BCUT2D eigenvalue weighted by molar-refractivity contribution is 0.0519. The fraction of sp³-hybridized carbons (Fsp3) is 0.417. The van der Waals surface area contributed by atoms with E-state index in [9.17, 15) is 4.79 Å². The number of esters is 1. The monoisotopic (exact) mass is 281 g/mol. The van der Waals surface area contributed by atoms with Crippen molar-refractivity contribution in [3.05, 3.63) is 28.0 Å². The largest absolute Gasteiger partial charge is 0.461 e. The number of anilines is 1. The molecule has 0 aliphatic heterocycles. The number of nitrogens with one attached hydrogen (secondary N) is 1. The molecule has 0 aliphatic carbocycles. The summed E-state index contributed by atoms with van der Waals surface area (Å²) in [7, 11) is 0. The Hall–Kier alpha value is -1.89. The third-order valence-electron chi connectivity index (χ3n) is 2.31. The Kier molecular flexibility index (Phi) is 4.51. The summed E-state index contributed by atoms with van der Waals surface area (Å²) in [5.41, 5.74) is 1.21. The predicted octanol–water partition coefficient (Wildman–Crippen LogP) is 2.27. The fourth-order valence-electron chi connectivity index (χ4n) is 1.47. The molecule has 0 radical (unpaired) electrons. The van der Waals surface area contributed by atoms with Crippen molar-refractivity contribution in [2.75, 3.05) is 18.5 Å². The molecule has 19 heavy (non-hydrogen) atoms. The average Bonchev–Trinajstić information content (AvgIpc) is 2.99. The van der Waals surface area contributed by atoms with Crippen molar-refractivity contribution < 1.29 is 13.9 Å². The maximum atomic E-state index is 11.4. The predicted molar refractivity (Wildman–Crippen MR) is 71.5 cm³/mol. The van der Waals surface area contributed by atoms with E-state index in [1.807, 2.05) is 12.3 Å². The second-order valence-electron chi connectivity index (χ2n) is 3.79. The molecule has 0 amide bonds. The van der Waals surface area contributed by atoms with E-state index in [-0.39, 0.29) is 5.69 Å². The number of ether oxygens (including phenoxy) is 1. The topological polar surface area (TPSA) is 77.2 Å². The van der Waals surface area contributed by atoms with Gasteiger partial charge in [-0.15, -0.1) is 11.3 Å². The molecule has 0 bridgehead atoms. The Labute approximate surface area is 114 Å². The smallest absolute Gasteiger partial charge is 0.360 e. The quantitative estimate of drug-likeness (QED) is 0.818. The minimum Gasteiger partial charge on any atom is -0.461 e. The Morgan fingerprint density at radius 2 is 2.37 bits per heavy atom. The highest BCUT2D eigenvalue weighted by Gasteiger charge is 2.12. The summed E-state index contributed by atoms with van der Waals surface area (Å²) in [6, 6.07) is 0.315. The van der Waals surface area contributed by atoms with Gasteiger partial charge >= 0.3 is 5.97 Å². The molecule has 0 saturated heterocycles. The first-order valence-corrected chi connectivity index (χ1v) is 6.84. The van der Waals surface area contributed by atoms with Gasteiger partial charge in [0.25, 0.3) is 6.01 Å². The van der Waals surface area contributed by atoms with Crippen LogP contribution in [0.25, 0.3) is 0 Å². The minimum absolute atomic E-state index is 0.175. The molecule has 0 atom stereocenters. The Bertz CT molecular complexity index is 550. The average molecular weight is 281 g/mol. The van der Waals surface area contributed by atoms with E-state index in [0.29, 0.717) is 19.2 Å². The van der Waals surface area contributed by atoms with Crippen LogP contribution in [0, 0.1) is 6.92 Å². The van der Waals surface area contributed by atoms with Crippen molar-refractivity contribution in [2.24, 2.45) is 0 Å². The van der Waals surface area contributed by atoms with Gasteiger partial charge in [0.2, 0.25) is 0 Å². The van der Waals surface area contributed by atoms with Gasteiger partial charge in [-0.3, -0.25) is 0 Å². The van der Waals surface area contributed by atoms with Crippen LogP contribution >= 0.6 is 11.3 Å². The van der Waals surface area contributed by atoms with Gasteiger partial charge in [0, 0.05) is 18.3 Å². The number of aryl methyl sites for hydroxylation is 1. The van der Waals surface area contributed by atoms with Gasteiger partial charge in [0.15, 0.2) is 5.69 Å². The molecule has 0 aliphatic rings. The van der Waals surface area contributed by atoms with Crippen LogP contribution in [-0.4, -0.2) is 29.1 Å². The van der Waals surface area contributed by atoms with Gasteiger partial charge in [0.1, 0.15) is 6.26 Å². The van der Waals surface area contributed by atoms with Gasteiger partial charge < -0.3 is 14.5 Å². The second-order valence-corrected chi connectivity index (χ2v) is 4.86. The molecule has 102 valence electrons. The van der Waals surface area contributed by atoms with E-state index in [2.05, 4.69) is 15.3 Å². The van der Waals surface area contributed by atoms with Crippen LogP contribution in [0.3, 0.4) is 0 Å². The summed E-state index contributed by atoms with van der Waals surface area (Å²) >= 11 is 1.63. The molecule has 0 spiro atoms. The summed E-state index contributed by atoms with van der Waals surface area (Å²) < 4.78 is 9.95. The Morgan fingerprint density at radius 3 is 3.05 bits per heavy atom. The maximum absolute atomic E-state index is 11.4. The van der Waals surface area contributed by atoms with E-state index in [1.54, 1.807) is 18.3 Å². The normalized spacial score (nSPS) is 10.4. The zero-order valence-corrected chi connectivity index (χ0v) is 11.6. The van der Waals surface area contributed by atoms with E-state index in [4.69, 9.17) is 9.15 Å². The number of thiazole rings is 1. The SMILES string of the molecule is CCOC(=O)c1coc(NCCc2csc(C)n2)n1. The number of oxazole rings is 1. The highest BCUT2D eigenvalue weighted by molar-refractivity contribution is 7.09. The minimum atomic E-state index is -0.477. The molecule has 2 aromatic heterocycles. The molecule has 0 unspecified atom stereocenters. The lowest BCUT2D eigenvalue weighted by Crippen LogP contribution is -2.07. The number of hydrogen-bond donors (Lipinski definition) is 1. The molecule has 7 heteroatoms. The van der Waals surface area contributed by atoms with Crippen molar-refractivity contribution in [3.8, 4) is 0 Å². The van der Waals surface area contributed by atoms with Crippen molar-refractivity contribution >= 4 is 23.3 Å². The van der Waals surface area contributed by atoms with E-state index in [0.717, 1.165) is 17.1 Å². The van der Waals surface area contributed by atoms with Crippen molar-refractivity contribution in [1.29, 1.82) is 0 Å². The lowest BCUT2D eigenvalue weighted by atomic mass is 10.3. The van der Waals surface area contributed by atoms with Gasteiger partial charge in [0.05, 0.1) is 17.3 Å². The van der Waals surface area contributed by atoms with Crippen LogP contribution in [0.1, 0.15) is 28.1 Å². The van der Waals surface area contributed by atoms with Crippen LogP contribution in [0.15, 0.2) is 16.1 Å². The first-order chi connectivity index (χ1) is 9.19. The fourth-order valence-corrected chi connectivity index (χ4v) is 2.12. The van der Waals surface area contributed by atoms with Crippen molar-refractivity contribution in [3.63, 3.8) is 0 Å². The molecule has 2 aromatic rings. The number of carbonyl (C=O) groups is 1. The summed E-state index contributed by atoms with van der Waals surface area (Å²) in [4.78, 5) is 19.7. The Morgan fingerprint density at radius 1 is 1.53 bits per heavy atom. The van der Waals surface area contributed by atoms with E-state index < -0.39 is 5.97 Å². The summed E-state index contributed by atoms with van der Waals surface area (Å²) in [6.45, 7) is 4.68. The molecule has 6 nitrogen and oxygen atoms in total. The standard InChI is InChI=1S/C12H15N3O3S/c1-3-17-11(16)10-6-18-12(15-10)13-5-4-9-7-19-8(2)14-9/h6-7H,3-5H2,1-2H3,(H,13,15). The van der Waals surface area contributed by atoms with Gasteiger partial charge in [-0.05, 0) is 13.8 Å². The molecule has 0 saturated carbocycles. The molecule has 2 rings (SSSR count). The van der Waals surface area contributed by atoms with Gasteiger partial charge in [-0.2, -0.15) is 4.98 Å². The highest BCUT2D eigenvalue weighted by Crippen LogP contribution is 2.11. The molecule has 0 fully saturated rings. The summed E-state index contributed by atoms with van der Waals surface area (Å²) in [5.74, 6) is -0.477. The number of nitrogens with zero attached hydrogens (tertiary/aromatic N) is 2. The zero-order chi connectivity index (χ0) is 13.7. The first kappa shape index (κ1) is 13.5. The van der Waals surface area contributed by atoms with Crippen LogP contribution in [0.4, 0.5) is 6.01 Å². The zero-order valence-electron chi connectivity index (χ0n) is 10.8. The highest BCUT2D eigenvalue weighted by atomic mass is 32.1. The summed E-state index contributed by atoms with van der Waals surface area (Å²) in [5, 5.41) is 6.07. The number of aromatic nitrogens is 2. The first-order valence-electron chi connectivity index (χ1n) is 5.96. The third kappa shape index (κ3) is 3.78. The van der Waals surface area contributed by atoms with Gasteiger partial charge in [-0.25, -0.2) is 9.78 Å². The third-order valence-corrected chi connectivity index (χ3v) is 3.14. The van der Waals surface area contributed by atoms with Crippen LogP contribution < -0.4 is 5.32 Å². The molecule has 1 N–H and O–H groups in total. The number of hydrogen-bond acceptors (Lipinski definition) is 7. The van der Waals surface area contributed by atoms with Crippen LogP contribution in [-0.2, 0) is 11.2 Å². The second kappa shape index (κ2) is 6.33. The Balaban J connectivity index is 1.81. The molecular formula is C12H15N3O3S. The summed E-state index contributed by atoms with van der Waals surface area (Å²) in [6.07, 6.45) is 2.06.